The molecular weight excluding hydrogens is 380 g/mol. The third kappa shape index (κ3) is 2.69. The van der Waals surface area contributed by atoms with E-state index in [2.05, 4.69) is 9.88 Å². The van der Waals surface area contributed by atoms with Gasteiger partial charge < -0.3 is 19.8 Å². The largest absolute Gasteiger partial charge is 0.465 e. The summed E-state index contributed by atoms with van der Waals surface area (Å²) in [6, 6.07) is 7.38. The average molecular weight is 399 g/mol. The van der Waals surface area contributed by atoms with Gasteiger partial charge in [-0.3, -0.25) is 9.78 Å². The summed E-state index contributed by atoms with van der Waals surface area (Å²) in [4.78, 5) is 33.6. The van der Waals surface area contributed by atoms with Crippen LogP contribution in [0.15, 0.2) is 36.7 Å². The van der Waals surface area contributed by atoms with Crippen LogP contribution < -0.4 is 9.80 Å². The molecule has 5 rings (SSSR count). The molecule has 3 aliphatic rings. The SMILES string of the molecule is O=C(O)N1CC2(C1)CN(c1cncc(N3CCc4cc(Cl)ccc4C3=O)c1)C2. The van der Waals surface area contributed by atoms with Crippen molar-refractivity contribution in [2.75, 3.05) is 42.5 Å². The predicted molar refractivity (Wildman–Crippen MR) is 105 cm³/mol. The Bertz CT molecular complexity index is 981. The summed E-state index contributed by atoms with van der Waals surface area (Å²) in [7, 11) is 0. The number of carbonyl (C=O) groups excluding carboxylic acids is 1. The number of amides is 2. The van der Waals surface area contributed by atoms with Crippen molar-refractivity contribution in [3.05, 3.63) is 52.8 Å². The number of pyridine rings is 1. The van der Waals surface area contributed by atoms with Crippen molar-refractivity contribution in [1.29, 1.82) is 0 Å². The van der Waals surface area contributed by atoms with Crippen LogP contribution in [0.1, 0.15) is 15.9 Å². The zero-order chi connectivity index (χ0) is 19.5. The van der Waals surface area contributed by atoms with Gasteiger partial charge in [-0.2, -0.15) is 0 Å². The van der Waals surface area contributed by atoms with Crippen LogP contribution in [0.3, 0.4) is 0 Å². The molecule has 4 heterocycles. The fraction of sp³-hybridized carbons (Fsp3) is 0.350. The van der Waals surface area contributed by atoms with E-state index in [1.165, 1.54) is 4.90 Å². The molecule has 1 N–H and O–H groups in total. The molecule has 1 spiro atoms. The van der Waals surface area contributed by atoms with Crippen LogP contribution in [0.2, 0.25) is 5.02 Å². The van der Waals surface area contributed by atoms with Gasteiger partial charge in [0.1, 0.15) is 0 Å². The number of rotatable bonds is 2. The molecule has 0 atom stereocenters. The van der Waals surface area contributed by atoms with Crippen molar-refractivity contribution in [2.45, 2.75) is 6.42 Å². The summed E-state index contributed by atoms with van der Waals surface area (Å²) < 4.78 is 0. The van der Waals surface area contributed by atoms with Gasteiger partial charge in [-0.1, -0.05) is 11.6 Å². The minimum atomic E-state index is -0.849. The first-order valence-electron chi connectivity index (χ1n) is 9.22. The van der Waals surface area contributed by atoms with Gasteiger partial charge in [-0.15, -0.1) is 0 Å². The highest BCUT2D eigenvalue weighted by Crippen LogP contribution is 2.42. The van der Waals surface area contributed by atoms with Gasteiger partial charge in [-0.25, -0.2) is 4.79 Å². The molecule has 2 fully saturated rings. The molecular formula is C20H19ClN4O3. The normalized spacial score (nSPS) is 19.9. The fourth-order valence-electron chi connectivity index (χ4n) is 4.48. The molecule has 1 aromatic carbocycles. The van der Waals surface area contributed by atoms with Crippen molar-refractivity contribution in [3.8, 4) is 0 Å². The number of nitrogens with zero attached hydrogens (tertiary/aromatic N) is 4. The van der Waals surface area contributed by atoms with E-state index in [1.807, 2.05) is 12.1 Å². The second kappa shape index (κ2) is 6.10. The molecule has 2 amide bonds. The lowest BCUT2D eigenvalue weighted by Crippen LogP contribution is -2.73. The van der Waals surface area contributed by atoms with Gasteiger partial charge in [0.25, 0.3) is 5.91 Å². The minimum Gasteiger partial charge on any atom is -0.465 e. The number of likely N-dealkylation sites (tertiary alicyclic amines) is 1. The first-order chi connectivity index (χ1) is 13.4. The molecule has 0 aliphatic carbocycles. The highest BCUT2D eigenvalue weighted by atomic mass is 35.5. The maximum atomic E-state index is 12.9. The summed E-state index contributed by atoms with van der Waals surface area (Å²) in [6.07, 6.45) is 3.42. The second-order valence-electron chi connectivity index (χ2n) is 7.90. The van der Waals surface area contributed by atoms with E-state index < -0.39 is 6.09 Å². The van der Waals surface area contributed by atoms with Gasteiger partial charge in [0.15, 0.2) is 0 Å². The number of anilines is 2. The Kier molecular flexibility index (Phi) is 3.77. The van der Waals surface area contributed by atoms with Gasteiger partial charge in [0.05, 0.1) is 23.8 Å². The number of hydrogen-bond donors (Lipinski definition) is 1. The molecule has 3 aliphatic heterocycles. The van der Waals surface area contributed by atoms with Crippen LogP contribution in [-0.4, -0.2) is 59.7 Å². The van der Waals surface area contributed by atoms with Crippen molar-refractivity contribution < 1.29 is 14.7 Å². The number of halogens is 1. The monoisotopic (exact) mass is 398 g/mol. The van der Waals surface area contributed by atoms with Crippen LogP contribution in [0.25, 0.3) is 0 Å². The molecule has 7 nitrogen and oxygen atoms in total. The molecule has 1 aromatic heterocycles. The standard InChI is InChI=1S/C20H19ClN4O3/c21-14-1-2-17-13(5-14)3-4-25(18(17)26)16-6-15(7-22-8-16)23-9-20(10-23)11-24(12-20)19(27)28/h1-2,5-8H,3-4,9-12H2,(H,27,28). The lowest BCUT2D eigenvalue weighted by atomic mass is 9.73. The lowest BCUT2D eigenvalue weighted by molar-refractivity contribution is -0.00943. The number of benzene rings is 1. The summed E-state index contributed by atoms with van der Waals surface area (Å²) in [6.45, 7) is 3.41. The fourth-order valence-corrected chi connectivity index (χ4v) is 4.68. The van der Waals surface area contributed by atoms with Gasteiger partial charge in [0.2, 0.25) is 0 Å². The van der Waals surface area contributed by atoms with E-state index in [9.17, 15) is 9.59 Å². The smallest absolute Gasteiger partial charge is 0.407 e. The summed E-state index contributed by atoms with van der Waals surface area (Å²) in [5, 5.41) is 9.66. The molecule has 0 bridgehead atoms. The molecule has 8 heteroatoms. The van der Waals surface area contributed by atoms with Crippen molar-refractivity contribution in [3.63, 3.8) is 0 Å². The Morgan fingerprint density at radius 3 is 2.61 bits per heavy atom. The molecule has 0 saturated carbocycles. The van der Waals surface area contributed by atoms with Gasteiger partial charge in [-0.05, 0) is 36.2 Å². The lowest BCUT2D eigenvalue weighted by Gasteiger charge is -2.60. The molecule has 144 valence electrons. The molecule has 2 saturated heterocycles. The highest BCUT2D eigenvalue weighted by Gasteiger charge is 2.53. The molecule has 0 radical (unpaired) electrons. The maximum Gasteiger partial charge on any atom is 0.407 e. The predicted octanol–water partition coefficient (Wildman–Crippen LogP) is 2.74. The summed E-state index contributed by atoms with van der Waals surface area (Å²) >= 11 is 6.05. The topological polar surface area (TPSA) is 77.0 Å². The Labute approximate surface area is 167 Å². The number of fused-ring (bicyclic) bond motifs is 1. The van der Waals surface area contributed by atoms with Crippen LogP contribution >= 0.6 is 11.6 Å². The minimum absolute atomic E-state index is 0.0342. The second-order valence-corrected chi connectivity index (χ2v) is 8.34. The van der Waals surface area contributed by atoms with E-state index in [0.29, 0.717) is 30.2 Å². The quantitative estimate of drug-likeness (QED) is 0.841. The average Bonchev–Trinajstić information content (AvgIpc) is 2.59. The van der Waals surface area contributed by atoms with E-state index in [-0.39, 0.29) is 11.3 Å². The molecule has 28 heavy (non-hydrogen) atoms. The van der Waals surface area contributed by atoms with Crippen LogP contribution in [-0.2, 0) is 6.42 Å². The number of hydrogen-bond acceptors (Lipinski definition) is 4. The third-order valence-corrected chi connectivity index (χ3v) is 6.14. The number of aromatic nitrogens is 1. The Morgan fingerprint density at radius 1 is 1.11 bits per heavy atom. The van der Waals surface area contributed by atoms with E-state index in [1.54, 1.807) is 29.4 Å². The third-order valence-electron chi connectivity index (χ3n) is 5.91. The summed E-state index contributed by atoms with van der Waals surface area (Å²) in [5.41, 5.74) is 3.49. The molecule has 2 aromatic rings. The Hall–Kier alpha value is -2.80. The molecule has 0 unspecified atom stereocenters. The van der Waals surface area contributed by atoms with Crippen molar-refractivity contribution in [2.24, 2.45) is 5.41 Å². The van der Waals surface area contributed by atoms with Crippen LogP contribution in [0.4, 0.5) is 16.2 Å². The zero-order valence-corrected chi connectivity index (χ0v) is 15.9. The van der Waals surface area contributed by atoms with E-state index >= 15 is 0 Å². The van der Waals surface area contributed by atoms with Crippen LogP contribution in [0.5, 0.6) is 0 Å². The van der Waals surface area contributed by atoms with E-state index in [4.69, 9.17) is 16.7 Å². The number of carboxylic acid groups (broad SMARTS) is 1. The van der Waals surface area contributed by atoms with Crippen LogP contribution in [0, 0.1) is 5.41 Å². The van der Waals surface area contributed by atoms with E-state index in [0.717, 1.165) is 36.4 Å². The van der Waals surface area contributed by atoms with Crippen molar-refractivity contribution >= 4 is 35.0 Å². The summed E-state index contributed by atoms with van der Waals surface area (Å²) in [5.74, 6) is -0.0342. The Morgan fingerprint density at radius 2 is 1.86 bits per heavy atom. The maximum absolute atomic E-state index is 12.9. The number of carbonyl (C=O) groups is 2. The zero-order valence-electron chi connectivity index (χ0n) is 15.1. The Balaban J connectivity index is 1.31. The van der Waals surface area contributed by atoms with Gasteiger partial charge >= 0.3 is 6.09 Å². The first-order valence-corrected chi connectivity index (χ1v) is 9.60. The van der Waals surface area contributed by atoms with Crippen molar-refractivity contribution in [1.82, 2.24) is 9.88 Å². The first kappa shape index (κ1) is 17.3. The highest BCUT2D eigenvalue weighted by molar-refractivity contribution is 6.30. The van der Waals surface area contributed by atoms with Gasteiger partial charge in [0, 0.05) is 48.7 Å².